The van der Waals surface area contributed by atoms with E-state index in [0.717, 1.165) is 0 Å². The molecule has 0 spiro atoms. The summed E-state index contributed by atoms with van der Waals surface area (Å²) in [4.78, 5) is 26.5. The summed E-state index contributed by atoms with van der Waals surface area (Å²) < 4.78 is 0.504. The molecule has 0 bridgehead atoms. The number of carboxylic acid groups (broad SMARTS) is 1. The Bertz CT molecular complexity index is 629. The zero-order chi connectivity index (χ0) is 13.8. The molecule has 0 aliphatic rings. The van der Waals surface area contributed by atoms with Crippen LogP contribution < -0.4 is 5.32 Å². The van der Waals surface area contributed by atoms with Crippen molar-refractivity contribution >= 4 is 33.5 Å². The van der Waals surface area contributed by atoms with Gasteiger partial charge in [-0.15, -0.1) is 0 Å². The molecule has 96 valence electrons. The molecule has 5 nitrogen and oxygen atoms in total. The second-order valence-corrected chi connectivity index (χ2v) is 4.55. The first-order valence-electron chi connectivity index (χ1n) is 5.32. The minimum absolute atomic E-state index is 0.145. The van der Waals surface area contributed by atoms with Crippen molar-refractivity contribution in [3.63, 3.8) is 0 Å². The van der Waals surface area contributed by atoms with Gasteiger partial charge in [-0.05, 0) is 46.3 Å². The monoisotopic (exact) mass is 320 g/mol. The van der Waals surface area contributed by atoms with Gasteiger partial charge in [-0.1, -0.05) is 0 Å². The van der Waals surface area contributed by atoms with Gasteiger partial charge >= 0.3 is 5.97 Å². The van der Waals surface area contributed by atoms with Gasteiger partial charge in [0.05, 0.1) is 16.8 Å². The highest BCUT2D eigenvalue weighted by Gasteiger charge is 2.10. The highest BCUT2D eigenvalue weighted by Crippen LogP contribution is 2.24. The number of rotatable bonds is 3. The predicted octanol–water partition coefficient (Wildman–Crippen LogP) is 2.79. The first kappa shape index (κ1) is 13.2. The van der Waals surface area contributed by atoms with Crippen LogP contribution in [0.25, 0.3) is 0 Å². The van der Waals surface area contributed by atoms with E-state index in [2.05, 4.69) is 26.2 Å². The van der Waals surface area contributed by atoms with Crippen molar-refractivity contribution in [3.05, 3.63) is 58.3 Å². The van der Waals surface area contributed by atoms with Gasteiger partial charge in [-0.3, -0.25) is 9.78 Å². The highest BCUT2D eigenvalue weighted by molar-refractivity contribution is 9.10. The second-order valence-electron chi connectivity index (χ2n) is 3.70. The Morgan fingerprint density at radius 1 is 1.21 bits per heavy atom. The predicted molar refractivity (Wildman–Crippen MR) is 73.3 cm³/mol. The van der Waals surface area contributed by atoms with Gasteiger partial charge in [0, 0.05) is 16.9 Å². The normalized spacial score (nSPS) is 9.95. The van der Waals surface area contributed by atoms with Crippen molar-refractivity contribution in [1.29, 1.82) is 0 Å². The minimum atomic E-state index is -1.02. The van der Waals surface area contributed by atoms with Crippen molar-refractivity contribution in [2.75, 3.05) is 5.32 Å². The highest BCUT2D eigenvalue weighted by atomic mass is 79.9. The molecule has 2 rings (SSSR count). The summed E-state index contributed by atoms with van der Waals surface area (Å²) in [5, 5.41) is 11.5. The molecule has 0 atom stereocenters. The number of aromatic nitrogens is 1. The van der Waals surface area contributed by atoms with Crippen molar-refractivity contribution in [2.45, 2.75) is 0 Å². The number of pyridine rings is 1. The fourth-order valence-corrected chi connectivity index (χ4v) is 1.92. The molecule has 1 aromatic carbocycles. The average molecular weight is 321 g/mol. The first-order chi connectivity index (χ1) is 9.08. The lowest BCUT2D eigenvalue weighted by Gasteiger charge is -2.07. The van der Waals surface area contributed by atoms with Crippen molar-refractivity contribution in [1.82, 2.24) is 4.98 Å². The molecule has 1 aromatic heterocycles. The third kappa shape index (κ3) is 3.17. The van der Waals surface area contributed by atoms with E-state index in [1.165, 1.54) is 24.4 Å². The molecule has 1 heterocycles. The summed E-state index contributed by atoms with van der Waals surface area (Å²) in [6.07, 6.45) is 3.03. The quantitative estimate of drug-likeness (QED) is 0.911. The van der Waals surface area contributed by atoms with Crippen LogP contribution >= 0.6 is 15.9 Å². The van der Waals surface area contributed by atoms with Crippen LogP contribution in [0.3, 0.4) is 0 Å². The van der Waals surface area contributed by atoms with Crippen molar-refractivity contribution < 1.29 is 14.7 Å². The third-order valence-electron chi connectivity index (χ3n) is 2.39. The van der Waals surface area contributed by atoms with E-state index in [-0.39, 0.29) is 11.5 Å². The van der Waals surface area contributed by atoms with Crippen LogP contribution in [0.5, 0.6) is 0 Å². The Balaban J connectivity index is 2.20. The number of aromatic carboxylic acids is 1. The number of carbonyl (C=O) groups is 2. The van der Waals surface area contributed by atoms with Gasteiger partial charge in [-0.2, -0.15) is 0 Å². The van der Waals surface area contributed by atoms with Crippen LogP contribution in [0.2, 0.25) is 0 Å². The fourth-order valence-electron chi connectivity index (χ4n) is 1.44. The number of halogens is 1. The van der Waals surface area contributed by atoms with Gasteiger partial charge in [0.2, 0.25) is 0 Å². The molecule has 2 aromatic rings. The Labute approximate surface area is 117 Å². The van der Waals surface area contributed by atoms with Crippen LogP contribution in [0, 0.1) is 0 Å². The topological polar surface area (TPSA) is 79.3 Å². The number of carboxylic acids is 1. The number of hydrogen-bond donors (Lipinski definition) is 2. The molecule has 2 N–H and O–H groups in total. The van der Waals surface area contributed by atoms with Gasteiger partial charge in [0.25, 0.3) is 5.91 Å². The molecule has 0 aliphatic heterocycles. The second kappa shape index (κ2) is 5.62. The number of amides is 1. The average Bonchev–Trinajstić information content (AvgIpc) is 2.41. The van der Waals surface area contributed by atoms with E-state index >= 15 is 0 Å². The van der Waals surface area contributed by atoms with Crippen molar-refractivity contribution in [2.24, 2.45) is 0 Å². The fraction of sp³-hybridized carbons (Fsp3) is 0. The summed E-state index contributed by atoms with van der Waals surface area (Å²) in [5.74, 6) is -1.33. The zero-order valence-corrected chi connectivity index (χ0v) is 11.2. The van der Waals surface area contributed by atoms with Gasteiger partial charge < -0.3 is 10.4 Å². The minimum Gasteiger partial charge on any atom is -0.478 e. The van der Waals surface area contributed by atoms with Gasteiger partial charge in [-0.25, -0.2) is 4.79 Å². The molecule has 19 heavy (non-hydrogen) atoms. The summed E-state index contributed by atoms with van der Waals surface area (Å²) in [6, 6.07) is 7.69. The van der Waals surface area contributed by atoms with E-state index in [9.17, 15) is 9.59 Å². The van der Waals surface area contributed by atoms with Crippen LogP contribution in [-0.2, 0) is 0 Å². The lowest BCUT2D eigenvalue weighted by atomic mass is 10.2. The Kier molecular flexibility index (Phi) is 3.91. The van der Waals surface area contributed by atoms with Crippen LogP contribution in [0.15, 0.2) is 47.2 Å². The van der Waals surface area contributed by atoms with Crippen LogP contribution in [0.4, 0.5) is 5.69 Å². The molecule has 0 aliphatic carbocycles. The largest absolute Gasteiger partial charge is 0.478 e. The molecule has 0 saturated carbocycles. The number of hydrogen-bond acceptors (Lipinski definition) is 3. The lowest BCUT2D eigenvalue weighted by Crippen LogP contribution is -2.12. The van der Waals surface area contributed by atoms with Crippen molar-refractivity contribution in [3.8, 4) is 0 Å². The first-order valence-corrected chi connectivity index (χ1v) is 6.11. The summed E-state index contributed by atoms with van der Waals surface area (Å²) >= 11 is 3.22. The lowest BCUT2D eigenvalue weighted by molar-refractivity contribution is 0.0696. The number of benzene rings is 1. The Hall–Kier alpha value is -2.21. The van der Waals surface area contributed by atoms with Gasteiger partial charge in [0.15, 0.2) is 0 Å². The molecule has 0 saturated heterocycles. The van der Waals surface area contributed by atoms with Gasteiger partial charge in [0.1, 0.15) is 0 Å². The maximum absolute atomic E-state index is 11.9. The molecular formula is C13H9BrN2O3. The summed E-state index contributed by atoms with van der Waals surface area (Å²) in [5.41, 5.74) is 1.07. The molecule has 0 fully saturated rings. The molecule has 6 heteroatoms. The Morgan fingerprint density at radius 2 is 2.00 bits per heavy atom. The molecule has 0 unspecified atom stereocenters. The maximum Gasteiger partial charge on any atom is 0.335 e. The summed E-state index contributed by atoms with van der Waals surface area (Å²) in [6.45, 7) is 0. The summed E-state index contributed by atoms with van der Waals surface area (Å²) in [7, 11) is 0. The van der Waals surface area contributed by atoms with E-state index in [4.69, 9.17) is 5.11 Å². The SMILES string of the molecule is O=C(O)c1ccc(NC(=O)c2cccnc2)c(Br)c1. The van der Waals surface area contributed by atoms with E-state index in [1.807, 2.05) is 0 Å². The van der Waals surface area contributed by atoms with E-state index in [0.29, 0.717) is 15.7 Å². The molecule has 1 amide bonds. The van der Waals surface area contributed by atoms with E-state index < -0.39 is 5.97 Å². The number of nitrogens with one attached hydrogen (secondary N) is 1. The standard InChI is InChI=1S/C13H9BrN2O3/c14-10-6-8(13(18)19)3-4-11(10)16-12(17)9-2-1-5-15-7-9/h1-7H,(H,16,17)(H,18,19). The number of nitrogens with zero attached hydrogens (tertiary/aromatic N) is 1. The smallest absolute Gasteiger partial charge is 0.335 e. The third-order valence-corrected chi connectivity index (χ3v) is 3.04. The molecule has 0 radical (unpaired) electrons. The zero-order valence-electron chi connectivity index (χ0n) is 9.63. The maximum atomic E-state index is 11.9. The number of anilines is 1. The van der Waals surface area contributed by atoms with Crippen LogP contribution in [0.1, 0.15) is 20.7 Å². The number of carbonyl (C=O) groups excluding carboxylic acids is 1. The van der Waals surface area contributed by atoms with Crippen LogP contribution in [-0.4, -0.2) is 22.0 Å². The Morgan fingerprint density at radius 3 is 2.58 bits per heavy atom. The molecular weight excluding hydrogens is 312 g/mol. The van der Waals surface area contributed by atoms with E-state index in [1.54, 1.807) is 18.3 Å².